The van der Waals surface area contributed by atoms with E-state index in [2.05, 4.69) is 61.2 Å². The van der Waals surface area contributed by atoms with Crippen molar-refractivity contribution < 1.29 is 23.9 Å². The van der Waals surface area contributed by atoms with Gasteiger partial charge in [-0.3, -0.25) is 39.4 Å². The molecule has 14 heteroatoms. The van der Waals surface area contributed by atoms with Gasteiger partial charge in [0.1, 0.15) is 28.9 Å². The van der Waals surface area contributed by atoms with Gasteiger partial charge in [0, 0.05) is 68.5 Å². The van der Waals surface area contributed by atoms with Crippen molar-refractivity contribution in [2.45, 2.75) is 76.4 Å². The van der Waals surface area contributed by atoms with E-state index in [0.717, 1.165) is 135 Å². The first-order valence-corrected chi connectivity index (χ1v) is 21.6. The van der Waals surface area contributed by atoms with Gasteiger partial charge < -0.3 is 19.4 Å². The Balaban J connectivity index is 0.690. The number of aromatic amines is 1. The number of carbonyl (C=O) groups is 4. The molecule has 1 atom stereocenters. The SMILES string of the molecule is CC1(Oc2ccc3[nH]nc(-c4ccnc(N5CCCN(CC6CCN(CC7CCN(c8ccc9c(c8)C(=O)N(C8CCC(=O)NC8=O)C9=O)CC7)CC6)C5)c4)c3c2)CC1. The monoisotopic (exact) mass is 799 g/mol. The molecule has 308 valence electrons. The molecule has 0 spiro atoms. The highest BCUT2D eigenvalue weighted by atomic mass is 16.5. The fourth-order valence-corrected chi connectivity index (χ4v) is 9.89. The first kappa shape index (κ1) is 37.9. The Morgan fingerprint density at radius 2 is 1.54 bits per heavy atom. The number of nitrogens with one attached hydrogen (secondary N) is 2. The number of aromatic nitrogens is 3. The Kier molecular flexibility index (Phi) is 9.87. The molecule has 59 heavy (non-hydrogen) atoms. The van der Waals surface area contributed by atoms with Crippen molar-refractivity contribution in [3.63, 3.8) is 0 Å². The minimum Gasteiger partial charge on any atom is -0.488 e. The maximum absolute atomic E-state index is 13.4. The van der Waals surface area contributed by atoms with Crippen molar-refractivity contribution in [2.24, 2.45) is 11.8 Å². The van der Waals surface area contributed by atoms with E-state index in [0.29, 0.717) is 23.0 Å². The minimum atomic E-state index is -0.952. The van der Waals surface area contributed by atoms with E-state index < -0.39 is 23.8 Å². The highest BCUT2D eigenvalue weighted by Crippen LogP contribution is 2.41. The number of nitrogens with zero attached hydrogens (tertiary/aromatic N) is 7. The van der Waals surface area contributed by atoms with Crippen molar-refractivity contribution in [3.05, 3.63) is 65.9 Å². The number of likely N-dealkylation sites (tertiary alicyclic amines) is 1. The summed E-state index contributed by atoms with van der Waals surface area (Å²) >= 11 is 0. The van der Waals surface area contributed by atoms with Crippen LogP contribution in [0.4, 0.5) is 11.5 Å². The van der Waals surface area contributed by atoms with Gasteiger partial charge in [-0.15, -0.1) is 0 Å². The molecule has 4 saturated heterocycles. The van der Waals surface area contributed by atoms with Gasteiger partial charge in [0.15, 0.2) is 0 Å². The summed E-state index contributed by atoms with van der Waals surface area (Å²) in [4.78, 5) is 66.5. The van der Waals surface area contributed by atoms with Crippen LogP contribution in [0.15, 0.2) is 54.7 Å². The van der Waals surface area contributed by atoms with Gasteiger partial charge in [0.2, 0.25) is 11.8 Å². The second kappa shape index (κ2) is 15.4. The zero-order valence-electron chi connectivity index (χ0n) is 33.8. The molecular weight excluding hydrogens is 747 g/mol. The topological polar surface area (TPSA) is 147 Å². The number of imide groups is 2. The first-order valence-electron chi connectivity index (χ1n) is 21.6. The van der Waals surface area contributed by atoms with Gasteiger partial charge in [-0.1, -0.05) is 0 Å². The van der Waals surface area contributed by atoms with Crippen LogP contribution in [0.3, 0.4) is 0 Å². The standard InChI is InChI=1S/C45H53N9O5/c1-45(14-15-45)59-33-4-6-37-36(25-33)41(49-48-37)31-9-16-46-39(23-31)53-18-2-17-51(28-53)27-29-10-19-50(20-11-29)26-30-12-21-52(22-13-30)32-3-5-34-35(24-32)44(58)54(43(34)57)38-7-8-40(55)47-42(38)56/h3-6,9,16,23-25,29-30,38H,2,7-8,10-15,17-22,26-28H2,1H3,(H,48,49)(H,47,55,56). The molecule has 1 unspecified atom stereocenters. The maximum atomic E-state index is 13.4. The number of fused-ring (bicyclic) bond motifs is 2. The van der Waals surface area contributed by atoms with E-state index in [9.17, 15) is 19.2 Å². The van der Waals surface area contributed by atoms with Crippen molar-refractivity contribution in [3.8, 4) is 17.0 Å². The number of carbonyl (C=O) groups excluding carboxylic acids is 4. The van der Waals surface area contributed by atoms with Gasteiger partial charge in [-0.2, -0.15) is 5.10 Å². The van der Waals surface area contributed by atoms with Crippen LogP contribution in [-0.2, 0) is 9.59 Å². The molecule has 1 saturated carbocycles. The smallest absolute Gasteiger partial charge is 0.262 e. The summed E-state index contributed by atoms with van der Waals surface area (Å²) < 4.78 is 6.26. The minimum absolute atomic E-state index is 0.0319. The van der Waals surface area contributed by atoms with Crippen molar-refractivity contribution in [1.29, 1.82) is 0 Å². The number of rotatable bonds is 10. The summed E-state index contributed by atoms with van der Waals surface area (Å²) in [5, 5.41) is 11.2. The van der Waals surface area contributed by atoms with E-state index in [1.54, 1.807) is 6.07 Å². The molecule has 0 radical (unpaired) electrons. The van der Waals surface area contributed by atoms with Crippen LogP contribution in [0.5, 0.6) is 5.75 Å². The molecule has 2 aromatic carbocycles. The van der Waals surface area contributed by atoms with Crippen LogP contribution < -0.4 is 19.9 Å². The lowest BCUT2D eigenvalue weighted by molar-refractivity contribution is -0.136. The van der Waals surface area contributed by atoms with Crippen molar-refractivity contribution in [2.75, 3.05) is 68.8 Å². The highest BCUT2D eigenvalue weighted by Gasteiger charge is 2.45. The van der Waals surface area contributed by atoms with Gasteiger partial charge in [0.05, 0.1) is 23.3 Å². The van der Waals surface area contributed by atoms with E-state index in [1.165, 1.54) is 12.8 Å². The zero-order valence-corrected chi connectivity index (χ0v) is 33.8. The fourth-order valence-electron chi connectivity index (χ4n) is 9.89. The maximum Gasteiger partial charge on any atom is 0.262 e. The molecule has 2 N–H and O–H groups in total. The average molecular weight is 800 g/mol. The molecule has 5 aliphatic heterocycles. The van der Waals surface area contributed by atoms with Crippen LogP contribution in [0.1, 0.15) is 85.4 Å². The molecule has 4 amide bonds. The van der Waals surface area contributed by atoms with Gasteiger partial charge in [0.25, 0.3) is 11.8 Å². The van der Waals surface area contributed by atoms with Crippen LogP contribution in [-0.4, -0.2) is 124 Å². The summed E-state index contributed by atoms with van der Waals surface area (Å²) in [6.45, 7) is 11.5. The number of piperidine rings is 3. The lowest BCUT2D eigenvalue weighted by Gasteiger charge is -2.41. The van der Waals surface area contributed by atoms with Crippen molar-refractivity contribution >= 4 is 46.0 Å². The van der Waals surface area contributed by atoms with Gasteiger partial charge in [-0.05, 0) is 132 Å². The summed E-state index contributed by atoms with van der Waals surface area (Å²) in [6, 6.07) is 14.9. The molecular formula is C45H53N9O5. The predicted octanol–water partition coefficient (Wildman–Crippen LogP) is 5.06. The van der Waals surface area contributed by atoms with E-state index in [4.69, 9.17) is 14.8 Å². The summed E-state index contributed by atoms with van der Waals surface area (Å²) in [7, 11) is 0. The van der Waals surface area contributed by atoms with Crippen LogP contribution in [0.25, 0.3) is 22.2 Å². The Hall–Kier alpha value is -5.34. The number of H-pyrrole nitrogens is 1. The fraction of sp³-hybridized carbons (Fsp3) is 0.511. The summed E-state index contributed by atoms with van der Waals surface area (Å²) in [5.74, 6) is 1.33. The highest BCUT2D eigenvalue weighted by molar-refractivity contribution is 6.23. The largest absolute Gasteiger partial charge is 0.488 e. The molecule has 2 aromatic heterocycles. The Bertz CT molecular complexity index is 2290. The number of pyridine rings is 1. The van der Waals surface area contributed by atoms with Gasteiger partial charge >= 0.3 is 0 Å². The second-order valence-corrected chi connectivity index (χ2v) is 17.9. The van der Waals surface area contributed by atoms with E-state index >= 15 is 0 Å². The molecule has 6 aliphatic rings. The Morgan fingerprint density at radius 1 is 0.780 bits per heavy atom. The lowest BCUT2D eigenvalue weighted by Crippen LogP contribution is -2.54. The molecule has 4 aromatic rings. The lowest BCUT2D eigenvalue weighted by atomic mass is 9.92. The molecule has 5 fully saturated rings. The number of ether oxygens (including phenoxy) is 1. The first-order chi connectivity index (χ1) is 28.7. The van der Waals surface area contributed by atoms with Crippen LogP contribution >= 0.6 is 0 Å². The Morgan fingerprint density at radius 3 is 2.32 bits per heavy atom. The molecule has 10 rings (SSSR count). The third-order valence-electron chi connectivity index (χ3n) is 13.6. The molecule has 0 bridgehead atoms. The van der Waals surface area contributed by atoms with Gasteiger partial charge in [-0.25, -0.2) is 4.98 Å². The Labute approximate surface area is 344 Å². The summed E-state index contributed by atoms with van der Waals surface area (Å²) in [6.07, 6.45) is 10.1. The van der Waals surface area contributed by atoms with Crippen LogP contribution in [0.2, 0.25) is 0 Å². The molecule has 7 heterocycles. The average Bonchev–Trinajstić information content (AvgIpc) is 3.73. The number of hydrogen-bond acceptors (Lipinski definition) is 11. The second-order valence-electron chi connectivity index (χ2n) is 17.9. The predicted molar refractivity (Wildman–Crippen MR) is 223 cm³/mol. The summed E-state index contributed by atoms with van der Waals surface area (Å²) in [5.41, 5.74) is 4.55. The molecule has 14 nitrogen and oxygen atoms in total. The van der Waals surface area contributed by atoms with E-state index in [1.807, 2.05) is 24.4 Å². The zero-order chi connectivity index (χ0) is 40.3. The third kappa shape index (κ3) is 7.68. The number of anilines is 2. The normalized spacial score (nSPS) is 23.3. The van der Waals surface area contributed by atoms with Crippen LogP contribution in [0, 0.1) is 11.8 Å². The third-order valence-corrected chi connectivity index (χ3v) is 13.6. The number of amides is 4. The van der Waals surface area contributed by atoms with Crippen molar-refractivity contribution in [1.82, 2.24) is 35.2 Å². The molecule has 1 aliphatic carbocycles. The quantitative estimate of drug-likeness (QED) is 0.208. The van der Waals surface area contributed by atoms with E-state index in [-0.39, 0.29) is 24.3 Å². The number of benzene rings is 2. The number of hydrogen-bond donors (Lipinski definition) is 2.